The Morgan fingerprint density at radius 2 is 2.25 bits per heavy atom. The largest absolute Gasteiger partial charge is 0.374 e. The summed E-state index contributed by atoms with van der Waals surface area (Å²) in [5.41, 5.74) is 0.219. The number of rotatable bonds is 3. The highest BCUT2D eigenvalue weighted by Gasteiger charge is 2.51. The van der Waals surface area contributed by atoms with Crippen LogP contribution in [0.4, 0.5) is 0 Å². The van der Waals surface area contributed by atoms with Gasteiger partial charge < -0.3 is 15.0 Å². The van der Waals surface area contributed by atoms with Gasteiger partial charge in [0.1, 0.15) is 0 Å². The first-order chi connectivity index (χ1) is 7.50. The molecule has 1 aliphatic carbocycles. The van der Waals surface area contributed by atoms with Crippen molar-refractivity contribution in [2.75, 3.05) is 33.3 Å². The van der Waals surface area contributed by atoms with E-state index in [1.807, 2.05) is 11.9 Å². The molecule has 1 heterocycles. The third-order valence-corrected chi connectivity index (χ3v) is 3.67. The number of nitrogens with one attached hydrogen (secondary N) is 1. The fourth-order valence-corrected chi connectivity index (χ4v) is 2.29. The monoisotopic (exact) mass is 226 g/mol. The van der Waals surface area contributed by atoms with Crippen molar-refractivity contribution in [2.24, 2.45) is 11.3 Å². The van der Waals surface area contributed by atoms with Gasteiger partial charge in [-0.15, -0.1) is 0 Å². The Morgan fingerprint density at radius 3 is 2.75 bits per heavy atom. The molecule has 0 spiro atoms. The van der Waals surface area contributed by atoms with E-state index < -0.39 is 0 Å². The molecule has 0 aromatic heterocycles. The Bertz CT molecular complexity index is 272. The molecule has 2 unspecified atom stereocenters. The fraction of sp³-hybridized carbons (Fsp3) is 0.917. The van der Waals surface area contributed by atoms with Crippen molar-refractivity contribution in [1.82, 2.24) is 10.2 Å². The fourth-order valence-electron chi connectivity index (χ4n) is 2.29. The van der Waals surface area contributed by atoms with E-state index in [1.54, 1.807) is 0 Å². The van der Waals surface area contributed by atoms with Crippen molar-refractivity contribution >= 4 is 5.91 Å². The topological polar surface area (TPSA) is 41.6 Å². The zero-order valence-corrected chi connectivity index (χ0v) is 10.5. The molecule has 0 aromatic carbocycles. The first-order valence-electron chi connectivity index (χ1n) is 6.08. The molecule has 1 N–H and O–H groups in total. The first-order valence-corrected chi connectivity index (χ1v) is 6.08. The highest BCUT2D eigenvalue weighted by molar-refractivity contribution is 5.82. The van der Waals surface area contributed by atoms with E-state index >= 15 is 0 Å². The summed E-state index contributed by atoms with van der Waals surface area (Å²) in [6, 6.07) is 0. The number of hydrogen-bond acceptors (Lipinski definition) is 3. The van der Waals surface area contributed by atoms with Crippen molar-refractivity contribution in [1.29, 1.82) is 0 Å². The second-order valence-electron chi connectivity index (χ2n) is 5.66. The Labute approximate surface area is 97.3 Å². The highest BCUT2D eigenvalue weighted by atomic mass is 16.5. The number of hydrogen-bond donors (Lipinski definition) is 1. The zero-order valence-electron chi connectivity index (χ0n) is 10.5. The molecule has 2 aliphatic rings. The minimum absolute atomic E-state index is 0.157. The van der Waals surface area contributed by atoms with Crippen LogP contribution in [0, 0.1) is 11.3 Å². The van der Waals surface area contributed by atoms with Gasteiger partial charge in [-0.1, -0.05) is 13.8 Å². The van der Waals surface area contributed by atoms with E-state index in [0.717, 1.165) is 26.1 Å². The molecule has 4 heteroatoms. The molecule has 4 nitrogen and oxygen atoms in total. The highest BCUT2D eigenvalue weighted by Crippen LogP contribution is 2.52. The van der Waals surface area contributed by atoms with Gasteiger partial charge in [-0.2, -0.15) is 0 Å². The van der Waals surface area contributed by atoms with Gasteiger partial charge in [0.05, 0.1) is 12.7 Å². The molecule has 1 saturated carbocycles. The van der Waals surface area contributed by atoms with Gasteiger partial charge in [-0.3, -0.25) is 4.79 Å². The van der Waals surface area contributed by atoms with Crippen molar-refractivity contribution in [3.05, 3.63) is 0 Å². The summed E-state index contributed by atoms with van der Waals surface area (Å²) in [6.45, 7) is 7.54. The SMILES string of the molecule is CN(CC1CNCCO1)C(=O)C1CC1(C)C. The zero-order chi connectivity index (χ0) is 11.8. The van der Waals surface area contributed by atoms with Crippen LogP contribution in [0.15, 0.2) is 0 Å². The Kier molecular flexibility index (Phi) is 3.22. The first kappa shape index (κ1) is 11.9. The number of morpholine rings is 1. The van der Waals surface area contributed by atoms with Gasteiger partial charge >= 0.3 is 0 Å². The average Bonchev–Trinajstić information content (AvgIpc) is 2.88. The molecule has 0 bridgehead atoms. The number of carbonyl (C=O) groups is 1. The maximum atomic E-state index is 12.0. The molecule has 92 valence electrons. The summed E-state index contributed by atoms with van der Waals surface area (Å²) >= 11 is 0. The Balaban J connectivity index is 1.79. The van der Waals surface area contributed by atoms with Gasteiger partial charge in [0, 0.05) is 32.6 Å². The van der Waals surface area contributed by atoms with Crippen LogP contribution in [0.3, 0.4) is 0 Å². The van der Waals surface area contributed by atoms with Crippen LogP contribution in [0.2, 0.25) is 0 Å². The van der Waals surface area contributed by atoms with Crippen molar-refractivity contribution in [3.8, 4) is 0 Å². The molecule has 1 saturated heterocycles. The van der Waals surface area contributed by atoms with E-state index in [-0.39, 0.29) is 23.3 Å². The van der Waals surface area contributed by atoms with Gasteiger partial charge in [0.25, 0.3) is 0 Å². The predicted octanol–water partition coefficient (Wildman–Crippen LogP) is 0.479. The second kappa shape index (κ2) is 4.34. The van der Waals surface area contributed by atoms with Crippen LogP contribution < -0.4 is 5.32 Å². The lowest BCUT2D eigenvalue weighted by Crippen LogP contribution is -2.46. The lowest BCUT2D eigenvalue weighted by molar-refractivity contribution is -0.134. The molecule has 16 heavy (non-hydrogen) atoms. The minimum atomic E-state index is 0.157. The number of likely N-dealkylation sites (N-methyl/N-ethyl adjacent to an activating group) is 1. The van der Waals surface area contributed by atoms with Crippen molar-refractivity contribution < 1.29 is 9.53 Å². The maximum absolute atomic E-state index is 12.0. The maximum Gasteiger partial charge on any atom is 0.226 e. The average molecular weight is 226 g/mol. The van der Waals surface area contributed by atoms with E-state index in [4.69, 9.17) is 4.74 Å². The van der Waals surface area contributed by atoms with Gasteiger partial charge in [-0.05, 0) is 11.8 Å². The summed E-state index contributed by atoms with van der Waals surface area (Å²) in [5.74, 6) is 0.508. The van der Waals surface area contributed by atoms with Crippen molar-refractivity contribution in [3.63, 3.8) is 0 Å². The van der Waals surface area contributed by atoms with Crippen molar-refractivity contribution in [2.45, 2.75) is 26.4 Å². The van der Waals surface area contributed by atoms with Gasteiger partial charge in [0.15, 0.2) is 0 Å². The number of amides is 1. The molecule has 2 atom stereocenters. The van der Waals surface area contributed by atoms with E-state index in [1.165, 1.54) is 0 Å². The van der Waals surface area contributed by atoms with Crippen LogP contribution >= 0.6 is 0 Å². The van der Waals surface area contributed by atoms with Gasteiger partial charge in [0.2, 0.25) is 5.91 Å². The van der Waals surface area contributed by atoms with Crippen LogP contribution in [0.5, 0.6) is 0 Å². The lowest BCUT2D eigenvalue weighted by atomic mass is 10.1. The third kappa shape index (κ3) is 2.55. The smallest absolute Gasteiger partial charge is 0.226 e. The van der Waals surface area contributed by atoms with Gasteiger partial charge in [-0.25, -0.2) is 0 Å². The van der Waals surface area contributed by atoms with Crippen LogP contribution in [-0.4, -0.2) is 50.2 Å². The molecule has 0 aromatic rings. The van der Waals surface area contributed by atoms with E-state index in [2.05, 4.69) is 19.2 Å². The number of nitrogens with zero attached hydrogens (tertiary/aromatic N) is 1. The molecule has 2 rings (SSSR count). The molecular formula is C12H22N2O2. The Hall–Kier alpha value is -0.610. The Morgan fingerprint density at radius 1 is 1.56 bits per heavy atom. The second-order valence-corrected chi connectivity index (χ2v) is 5.66. The summed E-state index contributed by atoms with van der Waals surface area (Å²) in [5, 5.41) is 3.28. The molecule has 0 radical (unpaired) electrons. The standard InChI is InChI=1S/C12H22N2O2/c1-12(2)6-10(12)11(15)14(3)8-9-7-13-4-5-16-9/h9-10,13H,4-8H2,1-3H3. The molecule has 1 amide bonds. The lowest BCUT2D eigenvalue weighted by Gasteiger charge is -2.28. The van der Waals surface area contributed by atoms with E-state index in [9.17, 15) is 4.79 Å². The summed E-state index contributed by atoms with van der Waals surface area (Å²) in [4.78, 5) is 13.9. The van der Waals surface area contributed by atoms with Crippen LogP contribution in [0.25, 0.3) is 0 Å². The summed E-state index contributed by atoms with van der Waals surface area (Å²) in [7, 11) is 1.88. The summed E-state index contributed by atoms with van der Waals surface area (Å²) < 4.78 is 5.59. The normalized spacial score (nSPS) is 32.2. The minimum Gasteiger partial charge on any atom is -0.374 e. The molecule has 2 fully saturated rings. The third-order valence-electron chi connectivity index (χ3n) is 3.67. The quantitative estimate of drug-likeness (QED) is 0.761. The molecular weight excluding hydrogens is 204 g/mol. The number of carbonyl (C=O) groups excluding carboxylic acids is 1. The van der Waals surface area contributed by atoms with Crippen LogP contribution in [-0.2, 0) is 9.53 Å². The summed E-state index contributed by atoms with van der Waals surface area (Å²) in [6.07, 6.45) is 1.18. The van der Waals surface area contributed by atoms with Crippen LogP contribution in [0.1, 0.15) is 20.3 Å². The van der Waals surface area contributed by atoms with E-state index in [0.29, 0.717) is 6.54 Å². The molecule has 1 aliphatic heterocycles. The number of ether oxygens (including phenoxy) is 1. The predicted molar refractivity (Wildman–Crippen MR) is 62.1 cm³/mol.